The molecule has 4 nitrogen and oxygen atoms in total. The van der Waals surface area contributed by atoms with Gasteiger partial charge in [-0.2, -0.15) is 0 Å². The van der Waals surface area contributed by atoms with E-state index in [4.69, 9.17) is 4.74 Å². The summed E-state index contributed by atoms with van der Waals surface area (Å²) in [5.41, 5.74) is 0.982. The number of methoxy groups -OCH3 is 1. The SMILES string of the molecule is COc1cccc(CC(=O)NCC[C@@H]2CCCN2)c1. The van der Waals surface area contributed by atoms with Gasteiger partial charge in [0.05, 0.1) is 13.5 Å². The summed E-state index contributed by atoms with van der Waals surface area (Å²) in [6.07, 6.45) is 3.91. The predicted molar refractivity (Wildman–Crippen MR) is 75.3 cm³/mol. The fourth-order valence-electron chi connectivity index (χ4n) is 2.42. The molecule has 4 heteroatoms. The Morgan fingerprint density at radius 2 is 2.42 bits per heavy atom. The van der Waals surface area contributed by atoms with Gasteiger partial charge in [0.25, 0.3) is 0 Å². The Morgan fingerprint density at radius 3 is 3.16 bits per heavy atom. The van der Waals surface area contributed by atoms with Crippen molar-refractivity contribution >= 4 is 5.91 Å². The third-order valence-corrected chi connectivity index (χ3v) is 3.48. The lowest BCUT2D eigenvalue weighted by atomic mass is 10.1. The molecule has 2 N–H and O–H groups in total. The van der Waals surface area contributed by atoms with Gasteiger partial charge in [0, 0.05) is 12.6 Å². The number of amides is 1. The number of carbonyl (C=O) groups excluding carboxylic acids is 1. The second kappa shape index (κ2) is 7.14. The van der Waals surface area contributed by atoms with E-state index in [0.717, 1.165) is 30.8 Å². The normalized spacial score (nSPS) is 18.3. The lowest BCUT2D eigenvalue weighted by Crippen LogP contribution is -2.31. The quantitative estimate of drug-likeness (QED) is 0.817. The Hall–Kier alpha value is -1.55. The van der Waals surface area contributed by atoms with Crippen molar-refractivity contribution in [2.45, 2.75) is 31.7 Å². The van der Waals surface area contributed by atoms with E-state index in [2.05, 4.69) is 10.6 Å². The highest BCUT2D eigenvalue weighted by Crippen LogP contribution is 2.13. The van der Waals surface area contributed by atoms with Gasteiger partial charge in [-0.25, -0.2) is 0 Å². The van der Waals surface area contributed by atoms with E-state index < -0.39 is 0 Å². The largest absolute Gasteiger partial charge is 0.497 e. The first-order valence-corrected chi connectivity index (χ1v) is 6.91. The molecule has 0 unspecified atom stereocenters. The van der Waals surface area contributed by atoms with Gasteiger partial charge in [-0.15, -0.1) is 0 Å². The molecule has 0 radical (unpaired) electrons. The molecule has 1 heterocycles. The maximum Gasteiger partial charge on any atom is 0.224 e. The van der Waals surface area contributed by atoms with Gasteiger partial charge in [0.2, 0.25) is 5.91 Å². The molecule has 104 valence electrons. The highest BCUT2D eigenvalue weighted by atomic mass is 16.5. The summed E-state index contributed by atoms with van der Waals surface area (Å²) >= 11 is 0. The average Bonchev–Trinajstić information content (AvgIpc) is 2.92. The van der Waals surface area contributed by atoms with Gasteiger partial charge in [0.15, 0.2) is 0 Å². The summed E-state index contributed by atoms with van der Waals surface area (Å²) in [6, 6.07) is 8.22. The van der Waals surface area contributed by atoms with Crippen molar-refractivity contribution in [1.82, 2.24) is 10.6 Å². The second-order valence-electron chi connectivity index (χ2n) is 4.96. The lowest BCUT2D eigenvalue weighted by molar-refractivity contribution is -0.120. The van der Waals surface area contributed by atoms with Crippen LogP contribution in [0.15, 0.2) is 24.3 Å². The maximum absolute atomic E-state index is 11.8. The third kappa shape index (κ3) is 4.56. The van der Waals surface area contributed by atoms with Crippen LogP contribution in [0.1, 0.15) is 24.8 Å². The van der Waals surface area contributed by atoms with Crippen LogP contribution in [0.5, 0.6) is 5.75 Å². The van der Waals surface area contributed by atoms with Crippen molar-refractivity contribution in [3.8, 4) is 5.75 Å². The minimum atomic E-state index is 0.0752. The second-order valence-corrected chi connectivity index (χ2v) is 4.96. The molecular formula is C15H22N2O2. The molecule has 1 amide bonds. The topological polar surface area (TPSA) is 50.4 Å². The number of hydrogen-bond donors (Lipinski definition) is 2. The summed E-state index contributed by atoms with van der Waals surface area (Å²) in [5.74, 6) is 0.867. The van der Waals surface area contributed by atoms with Gasteiger partial charge in [-0.05, 0) is 43.5 Å². The zero-order valence-electron chi connectivity index (χ0n) is 11.4. The van der Waals surface area contributed by atoms with Crippen LogP contribution in [0, 0.1) is 0 Å². The summed E-state index contributed by atoms with van der Waals surface area (Å²) in [7, 11) is 1.63. The van der Waals surface area contributed by atoms with Crippen LogP contribution in [-0.2, 0) is 11.2 Å². The number of hydrogen-bond acceptors (Lipinski definition) is 3. The summed E-state index contributed by atoms with van der Waals surface area (Å²) < 4.78 is 5.15. The first-order valence-electron chi connectivity index (χ1n) is 6.91. The molecule has 1 aromatic carbocycles. The van der Waals surface area contributed by atoms with E-state index in [-0.39, 0.29) is 5.91 Å². The van der Waals surface area contributed by atoms with E-state index in [1.807, 2.05) is 24.3 Å². The van der Waals surface area contributed by atoms with E-state index in [0.29, 0.717) is 12.5 Å². The summed E-state index contributed by atoms with van der Waals surface area (Å²) in [4.78, 5) is 11.8. The molecule has 0 aromatic heterocycles. The monoisotopic (exact) mass is 262 g/mol. The molecule has 1 atom stereocenters. The minimum absolute atomic E-state index is 0.0752. The average molecular weight is 262 g/mol. The van der Waals surface area contributed by atoms with Gasteiger partial charge in [-0.3, -0.25) is 4.79 Å². The van der Waals surface area contributed by atoms with Crippen LogP contribution < -0.4 is 15.4 Å². The Balaban J connectivity index is 1.70. The van der Waals surface area contributed by atoms with Crippen molar-refractivity contribution in [1.29, 1.82) is 0 Å². The number of rotatable bonds is 6. The molecule has 1 saturated heterocycles. The third-order valence-electron chi connectivity index (χ3n) is 3.48. The van der Waals surface area contributed by atoms with Crippen molar-refractivity contribution in [3.05, 3.63) is 29.8 Å². The highest BCUT2D eigenvalue weighted by molar-refractivity contribution is 5.78. The Labute approximate surface area is 114 Å². The van der Waals surface area contributed by atoms with E-state index in [1.54, 1.807) is 7.11 Å². The Morgan fingerprint density at radius 1 is 1.53 bits per heavy atom. The number of carbonyl (C=O) groups is 1. The molecule has 19 heavy (non-hydrogen) atoms. The fraction of sp³-hybridized carbons (Fsp3) is 0.533. The van der Waals surface area contributed by atoms with Crippen LogP contribution in [0.2, 0.25) is 0 Å². The zero-order chi connectivity index (χ0) is 13.5. The van der Waals surface area contributed by atoms with E-state index >= 15 is 0 Å². The zero-order valence-corrected chi connectivity index (χ0v) is 11.4. The standard InChI is InChI=1S/C15H22N2O2/c1-19-14-6-2-4-12(10-14)11-15(18)17-9-7-13-5-3-8-16-13/h2,4,6,10,13,16H,3,5,7-9,11H2,1H3,(H,17,18)/t13-/m0/s1. The summed E-state index contributed by atoms with van der Waals surface area (Å²) in [6.45, 7) is 1.86. The van der Waals surface area contributed by atoms with Crippen molar-refractivity contribution < 1.29 is 9.53 Å². The van der Waals surface area contributed by atoms with E-state index in [9.17, 15) is 4.79 Å². The van der Waals surface area contributed by atoms with Crippen LogP contribution in [-0.4, -0.2) is 32.1 Å². The number of nitrogens with one attached hydrogen (secondary N) is 2. The Kier molecular flexibility index (Phi) is 5.21. The molecule has 2 rings (SSSR count). The van der Waals surface area contributed by atoms with Gasteiger partial charge < -0.3 is 15.4 Å². The predicted octanol–water partition coefficient (Wildman–Crippen LogP) is 1.50. The van der Waals surface area contributed by atoms with Crippen LogP contribution in [0.4, 0.5) is 0 Å². The Bertz CT molecular complexity index is 414. The molecule has 0 bridgehead atoms. The van der Waals surface area contributed by atoms with Crippen LogP contribution >= 0.6 is 0 Å². The maximum atomic E-state index is 11.8. The fourth-order valence-corrected chi connectivity index (χ4v) is 2.42. The molecule has 1 aliphatic rings. The molecular weight excluding hydrogens is 240 g/mol. The molecule has 1 aliphatic heterocycles. The van der Waals surface area contributed by atoms with Gasteiger partial charge >= 0.3 is 0 Å². The van der Waals surface area contributed by atoms with Gasteiger partial charge in [-0.1, -0.05) is 12.1 Å². The van der Waals surface area contributed by atoms with Crippen molar-refractivity contribution in [3.63, 3.8) is 0 Å². The minimum Gasteiger partial charge on any atom is -0.497 e. The highest BCUT2D eigenvalue weighted by Gasteiger charge is 2.13. The van der Waals surface area contributed by atoms with Crippen LogP contribution in [0.3, 0.4) is 0 Å². The molecule has 0 aliphatic carbocycles. The van der Waals surface area contributed by atoms with Crippen molar-refractivity contribution in [2.75, 3.05) is 20.2 Å². The molecule has 1 aromatic rings. The number of ether oxygens (including phenoxy) is 1. The first kappa shape index (κ1) is 13.9. The summed E-state index contributed by atoms with van der Waals surface area (Å²) in [5, 5.41) is 6.40. The smallest absolute Gasteiger partial charge is 0.224 e. The molecule has 0 spiro atoms. The lowest BCUT2D eigenvalue weighted by Gasteiger charge is -2.11. The molecule has 0 saturated carbocycles. The molecule has 1 fully saturated rings. The van der Waals surface area contributed by atoms with Gasteiger partial charge in [0.1, 0.15) is 5.75 Å². The number of benzene rings is 1. The van der Waals surface area contributed by atoms with E-state index in [1.165, 1.54) is 12.8 Å². The first-order chi connectivity index (χ1) is 9.28. The van der Waals surface area contributed by atoms with Crippen LogP contribution in [0.25, 0.3) is 0 Å². The van der Waals surface area contributed by atoms with Crippen molar-refractivity contribution in [2.24, 2.45) is 0 Å².